The Hall–Kier alpha value is -0.723. The third-order valence-corrected chi connectivity index (χ3v) is 6.06. The van der Waals surface area contributed by atoms with Crippen LogP contribution in [0.4, 0.5) is 0 Å². The van der Waals surface area contributed by atoms with Crippen LogP contribution in [0.5, 0.6) is 0 Å². The monoisotopic (exact) mass is 298 g/mol. The van der Waals surface area contributed by atoms with Crippen LogP contribution in [0.2, 0.25) is 6.04 Å². The summed E-state index contributed by atoms with van der Waals surface area (Å²) in [6.45, 7) is 1.03. The van der Waals surface area contributed by atoms with Crippen LogP contribution in [-0.4, -0.2) is 55.8 Å². The molecule has 4 nitrogen and oxygen atoms in total. The van der Waals surface area contributed by atoms with Crippen molar-refractivity contribution in [1.29, 1.82) is 0 Å². The standard InChI is InChI=1S/C15H28NO3Si/c1-16(2,3)13-15-9-7-14(8-10-15)11-12-20(17-4,18-5)19-6/h7-10H,11-13H2,1-6H3/q+1. The second-order valence-corrected chi connectivity index (χ2v) is 9.15. The maximum Gasteiger partial charge on any atom is 0.500 e. The van der Waals surface area contributed by atoms with E-state index in [4.69, 9.17) is 13.3 Å². The molecule has 1 rings (SSSR count). The van der Waals surface area contributed by atoms with Gasteiger partial charge in [-0.3, -0.25) is 0 Å². The molecule has 0 amide bonds. The average Bonchev–Trinajstić information content (AvgIpc) is 2.41. The van der Waals surface area contributed by atoms with Crippen LogP contribution >= 0.6 is 0 Å². The molecule has 5 heteroatoms. The van der Waals surface area contributed by atoms with Gasteiger partial charge in [0.05, 0.1) is 21.1 Å². The summed E-state index contributed by atoms with van der Waals surface area (Å²) in [4.78, 5) is 0. The fourth-order valence-electron chi connectivity index (χ4n) is 2.21. The first-order valence-electron chi connectivity index (χ1n) is 6.88. The molecular weight excluding hydrogens is 270 g/mol. The van der Waals surface area contributed by atoms with Gasteiger partial charge in [-0.1, -0.05) is 24.3 Å². The Morgan fingerprint density at radius 1 is 0.850 bits per heavy atom. The molecule has 0 aliphatic heterocycles. The minimum atomic E-state index is -2.46. The van der Waals surface area contributed by atoms with Gasteiger partial charge in [0.25, 0.3) is 0 Å². The predicted octanol–water partition coefficient (Wildman–Crippen LogP) is 2.31. The van der Waals surface area contributed by atoms with Gasteiger partial charge in [-0.25, -0.2) is 0 Å². The normalized spacial score (nSPS) is 12.7. The molecule has 0 aliphatic rings. The summed E-state index contributed by atoms with van der Waals surface area (Å²) in [6.07, 6.45) is 0.909. The third kappa shape index (κ3) is 5.34. The second kappa shape index (κ2) is 7.33. The SMILES string of the molecule is CO[Si](CCc1ccc(C[N+](C)(C)C)cc1)(OC)OC. The molecule has 0 aromatic heterocycles. The van der Waals surface area contributed by atoms with E-state index < -0.39 is 8.80 Å². The molecular formula is C15H28NO3Si+. The first kappa shape index (κ1) is 17.3. The van der Waals surface area contributed by atoms with E-state index in [1.54, 1.807) is 21.3 Å². The predicted molar refractivity (Wildman–Crippen MR) is 83.5 cm³/mol. The minimum Gasteiger partial charge on any atom is -0.377 e. The van der Waals surface area contributed by atoms with Crippen molar-refractivity contribution >= 4 is 8.80 Å². The van der Waals surface area contributed by atoms with Crippen molar-refractivity contribution in [3.05, 3.63) is 35.4 Å². The van der Waals surface area contributed by atoms with E-state index in [0.29, 0.717) is 0 Å². The Labute approximate surface area is 124 Å². The lowest BCUT2D eigenvalue weighted by molar-refractivity contribution is -0.884. The van der Waals surface area contributed by atoms with Gasteiger partial charge in [0, 0.05) is 32.9 Å². The Morgan fingerprint density at radius 2 is 1.30 bits per heavy atom. The molecule has 114 valence electrons. The van der Waals surface area contributed by atoms with Crippen LogP contribution in [0.25, 0.3) is 0 Å². The molecule has 0 fully saturated rings. The summed E-state index contributed by atoms with van der Waals surface area (Å²) in [5, 5.41) is 0. The first-order chi connectivity index (χ1) is 9.34. The molecule has 0 heterocycles. The number of nitrogens with zero attached hydrogens (tertiary/aromatic N) is 1. The molecule has 1 aromatic carbocycles. The number of hydrogen-bond acceptors (Lipinski definition) is 3. The highest BCUT2D eigenvalue weighted by Gasteiger charge is 2.37. The summed E-state index contributed by atoms with van der Waals surface area (Å²) in [6, 6.07) is 9.57. The van der Waals surface area contributed by atoms with Gasteiger partial charge < -0.3 is 17.8 Å². The molecule has 0 atom stereocenters. The number of aryl methyl sites for hydroxylation is 1. The molecule has 0 saturated carbocycles. The molecule has 0 N–H and O–H groups in total. The smallest absolute Gasteiger partial charge is 0.377 e. The van der Waals surface area contributed by atoms with Crippen molar-refractivity contribution in [3.63, 3.8) is 0 Å². The van der Waals surface area contributed by atoms with Crippen LogP contribution in [-0.2, 0) is 26.2 Å². The lowest BCUT2D eigenvalue weighted by Crippen LogP contribution is -2.43. The first-order valence-corrected chi connectivity index (χ1v) is 8.81. The summed E-state index contributed by atoms with van der Waals surface area (Å²) < 4.78 is 17.3. The van der Waals surface area contributed by atoms with Gasteiger partial charge in [-0.05, 0) is 12.0 Å². The van der Waals surface area contributed by atoms with Crippen LogP contribution in [0.1, 0.15) is 11.1 Å². The topological polar surface area (TPSA) is 27.7 Å². The van der Waals surface area contributed by atoms with E-state index in [1.807, 2.05) is 0 Å². The average molecular weight is 298 g/mol. The maximum absolute atomic E-state index is 5.44. The Bertz CT molecular complexity index is 388. The highest BCUT2D eigenvalue weighted by atomic mass is 28.4. The lowest BCUT2D eigenvalue weighted by Gasteiger charge is -2.25. The number of benzene rings is 1. The summed E-state index contributed by atoms with van der Waals surface area (Å²) in [5.74, 6) is 0. The summed E-state index contributed by atoms with van der Waals surface area (Å²) in [5.41, 5.74) is 2.65. The van der Waals surface area contributed by atoms with Gasteiger partial charge in [0.2, 0.25) is 0 Å². The van der Waals surface area contributed by atoms with E-state index in [9.17, 15) is 0 Å². The van der Waals surface area contributed by atoms with Crippen LogP contribution in [0.3, 0.4) is 0 Å². The Balaban J connectivity index is 2.62. The van der Waals surface area contributed by atoms with Gasteiger partial charge in [-0.2, -0.15) is 0 Å². The third-order valence-electron chi connectivity index (χ3n) is 3.33. The van der Waals surface area contributed by atoms with Crippen molar-refractivity contribution in [2.24, 2.45) is 0 Å². The van der Waals surface area contributed by atoms with Gasteiger partial charge in [0.1, 0.15) is 6.54 Å². The fourth-order valence-corrected chi connectivity index (χ4v) is 3.92. The highest BCUT2D eigenvalue weighted by Crippen LogP contribution is 2.17. The van der Waals surface area contributed by atoms with E-state index in [2.05, 4.69) is 45.4 Å². The quantitative estimate of drug-likeness (QED) is 0.544. The van der Waals surface area contributed by atoms with Crippen molar-refractivity contribution in [1.82, 2.24) is 0 Å². The number of rotatable bonds is 8. The maximum atomic E-state index is 5.44. The summed E-state index contributed by atoms with van der Waals surface area (Å²) in [7, 11) is 9.11. The zero-order valence-corrected chi connectivity index (χ0v) is 14.6. The lowest BCUT2D eigenvalue weighted by atomic mass is 10.1. The molecule has 0 unspecified atom stereocenters. The van der Waals surface area contributed by atoms with E-state index in [0.717, 1.165) is 23.5 Å². The Morgan fingerprint density at radius 3 is 1.70 bits per heavy atom. The largest absolute Gasteiger partial charge is 0.500 e. The van der Waals surface area contributed by atoms with Crippen molar-refractivity contribution < 1.29 is 17.8 Å². The van der Waals surface area contributed by atoms with Crippen molar-refractivity contribution in [2.45, 2.75) is 19.0 Å². The zero-order valence-electron chi connectivity index (χ0n) is 13.6. The molecule has 0 saturated heterocycles. The van der Waals surface area contributed by atoms with E-state index in [-0.39, 0.29) is 0 Å². The molecule has 0 aliphatic carbocycles. The molecule has 1 aromatic rings. The highest BCUT2D eigenvalue weighted by molar-refractivity contribution is 6.60. The molecule has 0 spiro atoms. The Kier molecular flexibility index (Phi) is 6.35. The van der Waals surface area contributed by atoms with Gasteiger partial charge in [0.15, 0.2) is 0 Å². The van der Waals surface area contributed by atoms with Crippen LogP contribution in [0, 0.1) is 0 Å². The van der Waals surface area contributed by atoms with Crippen molar-refractivity contribution in [3.8, 4) is 0 Å². The minimum absolute atomic E-state index is 0.797. The van der Waals surface area contributed by atoms with Crippen LogP contribution in [0.15, 0.2) is 24.3 Å². The molecule has 0 bridgehead atoms. The number of quaternary nitrogens is 1. The van der Waals surface area contributed by atoms with Gasteiger partial charge >= 0.3 is 8.80 Å². The summed E-state index contributed by atoms with van der Waals surface area (Å²) >= 11 is 0. The molecule has 0 radical (unpaired) electrons. The second-order valence-electron chi connectivity index (χ2n) is 6.06. The van der Waals surface area contributed by atoms with Crippen LogP contribution < -0.4 is 0 Å². The van der Waals surface area contributed by atoms with E-state index >= 15 is 0 Å². The van der Waals surface area contributed by atoms with E-state index in [1.165, 1.54) is 11.1 Å². The number of hydrogen-bond donors (Lipinski definition) is 0. The van der Waals surface area contributed by atoms with Crippen molar-refractivity contribution in [2.75, 3.05) is 42.5 Å². The zero-order chi connectivity index (χ0) is 15.2. The van der Waals surface area contributed by atoms with Gasteiger partial charge in [-0.15, -0.1) is 0 Å². The fraction of sp³-hybridized carbons (Fsp3) is 0.600. The molecule has 20 heavy (non-hydrogen) atoms.